The van der Waals surface area contributed by atoms with E-state index in [0.717, 1.165) is 17.5 Å². The summed E-state index contributed by atoms with van der Waals surface area (Å²) >= 11 is 0. The minimum Gasteiger partial charge on any atom is -0.352 e. The molecule has 1 aromatic heterocycles. The number of aromatic nitrogens is 2. The van der Waals surface area contributed by atoms with Crippen LogP contribution < -0.4 is 5.32 Å². The predicted octanol–water partition coefficient (Wildman–Crippen LogP) is 4.14. The molecule has 3 aromatic rings. The number of nitrogens with zero attached hydrogens (tertiary/aromatic N) is 3. The van der Waals surface area contributed by atoms with Crippen molar-refractivity contribution < 1.29 is 14.1 Å². The molecule has 0 unspecified atom stereocenters. The lowest BCUT2D eigenvalue weighted by molar-refractivity contribution is 0.0795. The van der Waals surface area contributed by atoms with Crippen LogP contribution in [0.2, 0.25) is 0 Å². The van der Waals surface area contributed by atoms with Gasteiger partial charge in [0, 0.05) is 43.2 Å². The van der Waals surface area contributed by atoms with Crippen molar-refractivity contribution in [1.82, 2.24) is 20.4 Å². The monoisotopic (exact) mass is 434 g/mol. The van der Waals surface area contributed by atoms with Crippen molar-refractivity contribution in [2.75, 3.05) is 20.1 Å². The van der Waals surface area contributed by atoms with Crippen LogP contribution in [0.3, 0.4) is 0 Å². The molecule has 0 aliphatic heterocycles. The van der Waals surface area contributed by atoms with Crippen LogP contribution in [0, 0.1) is 12.8 Å². The topological polar surface area (TPSA) is 88.3 Å². The third-order valence-electron chi connectivity index (χ3n) is 5.15. The van der Waals surface area contributed by atoms with Crippen LogP contribution in [0.15, 0.2) is 53.1 Å². The molecule has 0 aliphatic carbocycles. The third kappa shape index (κ3) is 6.26. The van der Waals surface area contributed by atoms with Crippen molar-refractivity contribution in [3.05, 3.63) is 71.0 Å². The van der Waals surface area contributed by atoms with E-state index in [1.54, 1.807) is 36.2 Å². The summed E-state index contributed by atoms with van der Waals surface area (Å²) in [5.41, 5.74) is 3.04. The van der Waals surface area contributed by atoms with Crippen molar-refractivity contribution in [3.63, 3.8) is 0 Å². The second-order valence-corrected chi connectivity index (χ2v) is 8.38. The van der Waals surface area contributed by atoms with E-state index in [-0.39, 0.29) is 11.8 Å². The highest BCUT2D eigenvalue weighted by Gasteiger charge is 2.15. The maximum atomic E-state index is 12.6. The van der Waals surface area contributed by atoms with Crippen molar-refractivity contribution in [1.29, 1.82) is 0 Å². The number of rotatable bonds is 9. The van der Waals surface area contributed by atoms with Gasteiger partial charge in [0.25, 0.3) is 17.7 Å². The molecule has 0 atom stereocenters. The number of carbonyl (C=O) groups excluding carboxylic acids is 2. The van der Waals surface area contributed by atoms with Crippen molar-refractivity contribution >= 4 is 11.8 Å². The van der Waals surface area contributed by atoms with Crippen LogP contribution in [-0.4, -0.2) is 47.0 Å². The molecule has 0 saturated heterocycles. The fourth-order valence-electron chi connectivity index (χ4n) is 3.18. The van der Waals surface area contributed by atoms with E-state index in [0.29, 0.717) is 48.3 Å². The summed E-state index contributed by atoms with van der Waals surface area (Å²) in [7, 11) is 1.76. The number of nitrogens with one attached hydrogen (secondary N) is 1. The Hall–Kier alpha value is -3.48. The number of amides is 2. The lowest BCUT2D eigenvalue weighted by atomic mass is 10.1. The zero-order valence-corrected chi connectivity index (χ0v) is 19.1. The highest BCUT2D eigenvalue weighted by Crippen LogP contribution is 2.18. The minimum atomic E-state index is -0.0928. The zero-order valence-electron chi connectivity index (χ0n) is 19.1. The Morgan fingerprint density at radius 1 is 1.09 bits per heavy atom. The summed E-state index contributed by atoms with van der Waals surface area (Å²) in [6, 6.07) is 14.6. The molecule has 0 fully saturated rings. The molecule has 0 aliphatic rings. The lowest BCUT2D eigenvalue weighted by Crippen LogP contribution is -2.29. The Bertz CT molecular complexity index is 1060. The van der Waals surface area contributed by atoms with Crippen LogP contribution in [0.25, 0.3) is 11.5 Å². The Balaban J connectivity index is 1.55. The summed E-state index contributed by atoms with van der Waals surface area (Å²) in [5.74, 6) is 1.33. The van der Waals surface area contributed by atoms with Crippen LogP contribution >= 0.6 is 0 Å². The van der Waals surface area contributed by atoms with Crippen molar-refractivity contribution in [3.8, 4) is 11.5 Å². The number of hydrogen-bond acceptors (Lipinski definition) is 5. The summed E-state index contributed by atoms with van der Waals surface area (Å²) in [5, 5.41) is 6.94. The van der Waals surface area contributed by atoms with E-state index in [1.807, 2.05) is 31.2 Å². The van der Waals surface area contributed by atoms with Gasteiger partial charge in [-0.25, -0.2) is 0 Å². The molecule has 1 N–H and O–H groups in total. The van der Waals surface area contributed by atoms with Crippen molar-refractivity contribution in [2.45, 2.75) is 33.6 Å². The quantitative estimate of drug-likeness (QED) is 0.547. The van der Waals surface area contributed by atoms with Gasteiger partial charge in [0.1, 0.15) is 0 Å². The third-order valence-corrected chi connectivity index (χ3v) is 5.15. The fourth-order valence-corrected chi connectivity index (χ4v) is 3.18. The normalized spacial score (nSPS) is 10.9. The Labute approximate surface area is 188 Å². The minimum absolute atomic E-state index is 0.0420. The predicted molar refractivity (Wildman–Crippen MR) is 123 cm³/mol. The molecule has 0 bridgehead atoms. The molecule has 32 heavy (non-hydrogen) atoms. The molecule has 7 heteroatoms. The van der Waals surface area contributed by atoms with Gasteiger partial charge in [0.05, 0.1) is 0 Å². The summed E-state index contributed by atoms with van der Waals surface area (Å²) in [6.07, 6.45) is 1.42. The fraction of sp³-hybridized carbons (Fsp3) is 0.360. The van der Waals surface area contributed by atoms with E-state index in [1.165, 1.54) is 0 Å². The van der Waals surface area contributed by atoms with Gasteiger partial charge in [-0.3, -0.25) is 9.59 Å². The Morgan fingerprint density at radius 3 is 2.53 bits per heavy atom. The molecule has 168 valence electrons. The lowest BCUT2D eigenvalue weighted by Gasteiger charge is -2.16. The van der Waals surface area contributed by atoms with E-state index >= 15 is 0 Å². The Morgan fingerprint density at radius 2 is 1.84 bits per heavy atom. The van der Waals surface area contributed by atoms with Crippen LogP contribution in [0.5, 0.6) is 0 Å². The molecule has 7 nitrogen and oxygen atoms in total. The summed E-state index contributed by atoms with van der Waals surface area (Å²) in [4.78, 5) is 30.8. The second-order valence-electron chi connectivity index (χ2n) is 8.38. The highest BCUT2D eigenvalue weighted by molar-refractivity contribution is 5.94. The van der Waals surface area contributed by atoms with E-state index in [9.17, 15) is 9.59 Å². The maximum Gasteiger partial charge on any atom is 0.257 e. The molecule has 0 radical (unpaired) electrons. The first-order chi connectivity index (χ1) is 15.3. The van der Waals surface area contributed by atoms with Gasteiger partial charge in [-0.2, -0.15) is 4.98 Å². The maximum absolute atomic E-state index is 12.6. The number of hydrogen-bond donors (Lipinski definition) is 1. The summed E-state index contributed by atoms with van der Waals surface area (Å²) in [6.45, 7) is 7.34. The molecular weight excluding hydrogens is 404 g/mol. The largest absolute Gasteiger partial charge is 0.352 e. The molecule has 2 amide bonds. The van der Waals surface area contributed by atoms with Crippen LogP contribution in [-0.2, 0) is 6.42 Å². The summed E-state index contributed by atoms with van der Waals surface area (Å²) < 4.78 is 5.37. The highest BCUT2D eigenvalue weighted by atomic mass is 16.5. The average molecular weight is 435 g/mol. The van der Waals surface area contributed by atoms with Gasteiger partial charge in [-0.05, 0) is 55.7 Å². The van der Waals surface area contributed by atoms with Gasteiger partial charge in [0.15, 0.2) is 5.82 Å². The smallest absolute Gasteiger partial charge is 0.257 e. The van der Waals surface area contributed by atoms with Crippen molar-refractivity contribution in [2.24, 2.45) is 5.92 Å². The molecule has 2 aromatic carbocycles. The standard InChI is InChI=1S/C25H30N4O3/c1-17(2)12-14-26-23(30)19-8-10-20(11-9-19)24-27-22(28-32-24)13-15-29(4)25(31)21-7-5-6-18(3)16-21/h5-11,16-17H,12-15H2,1-4H3,(H,26,30). The molecule has 1 heterocycles. The van der Waals surface area contributed by atoms with Crippen LogP contribution in [0.4, 0.5) is 0 Å². The second kappa shape index (κ2) is 10.7. The molecule has 3 rings (SSSR count). The van der Waals surface area contributed by atoms with Gasteiger partial charge in [0.2, 0.25) is 0 Å². The van der Waals surface area contributed by atoms with Gasteiger partial charge in [-0.1, -0.05) is 36.7 Å². The van der Waals surface area contributed by atoms with E-state index < -0.39 is 0 Å². The van der Waals surface area contributed by atoms with Crippen LogP contribution in [0.1, 0.15) is 52.4 Å². The number of benzene rings is 2. The van der Waals surface area contributed by atoms with Gasteiger partial charge >= 0.3 is 0 Å². The number of carbonyl (C=O) groups is 2. The average Bonchev–Trinajstić information content (AvgIpc) is 3.26. The van der Waals surface area contributed by atoms with E-state index in [2.05, 4.69) is 29.3 Å². The Kier molecular flexibility index (Phi) is 7.76. The first kappa shape index (κ1) is 23.2. The first-order valence-corrected chi connectivity index (χ1v) is 10.9. The van der Waals surface area contributed by atoms with E-state index in [4.69, 9.17) is 4.52 Å². The molecule has 0 saturated carbocycles. The first-order valence-electron chi connectivity index (χ1n) is 10.9. The van der Waals surface area contributed by atoms with Gasteiger partial charge in [-0.15, -0.1) is 0 Å². The number of likely N-dealkylation sites (N-methyl/N-ethyl adjacent to an activating group) is 1. The molecule has 0 spiro atoms. The number of aryl methyl sites for hydroxylation is 1. The molecular formula is C25H30N4O3. The van der Waals surface area contributed by atoms with Gasteiger partial charge < -0.3 is 14.7 Å². The SMILES string of the molecule is Cc1cccc(C(=O)N(C)CCc2noc(-c3ccc(C(=O)NCCC(C)C)cc3)n2)c1. The zero-order chi connectivity index (χ0) is 23.1.